The third-order valence-corrected chi connectivity index (χ3v) is 5.13. The summed E-state index contributed by atoms with van der Waals surface area (Å²) in [5, 5.41) is 9.30. The lowest BCUT2D eigenvalue weighted by molar-refractivity contribution is -0.132. The van der Waals surface area contributed by atoms with Gasteiger partial charge in [-0.05, 0) is 51.4 Å². The van der Waals surface area contributed by atoms with E-state index >= 15 is 0 Å². The summed E-state index contributed by atoms with van der Waals surface area (Å²) in [5.41, 5.74) is 0.124. The molecular formula is C20H27N3O3. The summed E-state index contributed by atoms with van der Waals surface area (Å²) in [6.45, 7) is 4.36. The molecule has 0 bridgehead atoms. The van der Waals surface area contributed by atoms with Gasteiger partial charge in [-0.25, -0.2) is 0 Å². The van der Waals surface area contributed by atoms with E-state index in [1.54, 1.807) is 12.1 Å². The molecule has 26 heavy (non-hydrogen) atoms. The van der Waals surface area contributed by atoms with Crippen molar-refractivity contribution < 1.29 is 14.3 Å². The Kier molecular flexibility index (Phi) is 5.93. The molecular weight excluding hydrogens is 330 g/mol. The van der Waals surface area contributed by atoms with Gasteiger partial charge in [0.25, 0.3) is 5.91 Å². The Bertz CT molecular complexity index is 681. The number of hydrogen-bond donors (Lipinski definition) is 3. The van der Waals surface area contributed by atoms with Crippen LogP contribution in [0.2, 0.25) is 0 Å². The number of ether oxygens (including phenoxy) is 1. The van der Waals surface area contributed by atoms with Crippen LogP contribution in [0.1, 0.15) is 36.5 Å². The zero-order valence-electron chi connectivity index (χ0n) is 15.2. The first-order chi connectivity index (χ1) is 12.6. The van der Waals surface area contributed by atoms with Crippen molar-refractivity contribution in [2.75, 3.05) is 26.2 Å². The van der Waals surface area contributed by atoms with E-state index in [4.69, 9.17) is 4.74 Å². The molecule has 3 N–H and O–H groups in total. The molecule has 0 saturated carbocycles. The number of hydrogen-bond acceptors (Lipinski definition) is 4. The molecule has 2 amide bonds. The zero-order valence-corrected chi connectivity index (χ0v) is 15.2. The van der Waals surface area contributed by atoms with Gasteiger partial charge in [0.1, 0.15) is 12.4 Å². The van der Waals surface area contributed by atoms with Crippen molar-refractivity contribution in [2.24, 2.45) is 5.41 Å². The molecule has 3 rings (SSSR count). The van der Waals surface area contributed by atoms with E-state index in [0.717, 1.165) is 25.9 Å². The second-order valence-electron chi connectivity index (χ2n) is 7.10. The zero-order chi connectivity index (χ0) is 18.4. The third-order valence-electron chi connectivity index (χ3n) is 5.13. The Balaban J connectivity index is 1.81. The van der Waals surface area contributed by atoms with Gasteiger partial charge in [-0.2, -0.15) is 0 Å². The average Bonchev–Trinajstić information content (AvgIpc) is 2.66. The van der Waals surface area contributed by atoms with Gasteiger partial charge in [-0.3, -0.25) is 9.59 Å². The van der Waals surface area contributed by atoms with Gasteiger partial charge < -0.3 is 20.7 Å². The SMILES string of the molecule is C[C@H]1CNC(=O)C2(C/C=C\COc3ccccc3C(=O)N1)CCNCC2. The minimum atomic E-state index is -0.381. The number of carbonyl (C=O) groups is 2. The minimum Gasteiger partial charge on any atom is -0.489 e. The summed E-state index contributed by atoms with van der Waals surface area (Å²) in [6.07, 6.45) is 6.29. The quantitative estimate of drug-likeness (QED) is 0.617. The van der Waals surface area contributed by atoms with Gasteiger partial charge in [0.15, 0.2) is 0 Å². The van der Waals surface area contributed by atoms with Crippen LogP contribution < -0.4 is 20.7 Å². The molecule has 2 aliphatic rings. The first-order valence-electron chi connectivity index (χ1n) is 9.27. The molecule has 2 heterocycles. The Hall–Kier alpha value is -2.34. The molecule has 0 unspecified atom stereocenters. The summed E-state index contributed by atoms with van der Waals surface area (Å²) in [5.74, 6) is 0.447. The Morgan fingerprint density at radius 1 is 1.12 bits per heavy atom. The van der Waals surface area contributed by atoms with Crippen LogP contribution in [0.15, 0.2) is 36.4 Å². The first kappa shape index (κ1) is 18.5. The highest BCUT2D eigenvalue weighted by molar-refractivity contribution is 5.97. The Morgan fingerprint density at radius 3 is 2.69 bits per heavy atom. The highest BCUT2D eigenvalue weighted by Gasteiger charge is 2.38. The second kappa shape index (κ2) is 8.36. The number of allylic oxidation sites excluding steroid dienone is 1. The molecule has 0 aliphatic carbocycles. The summed E-state index contributed by atoms with van der Waals surface area (Å²) in [7, 11) is 0. The normalized spacial score (nSPS) is 25.2. The Labute approximate surface area is 154 Å². The molecule has 1 fully saturated rings. The molecule has 2 aliphatic heterocycles. The van der Waals surface area contributed by atoms with E-state index < -0.39 is 0 Å². The molecule has 1 aromatic rings. The predicted molar refractivity (Wildman–Crippen MR) is 100 cm³/mol. The van der Waals surface area contributed by atoms with Crippen LogP contribution in [-0.2, 0) is 4.79 Å². The number of piperidine rings is 1. The highest BCUT2D eigenvalue weighted by atomic mass is 16.5. The van der Waals surface area contributed by atoms with E-state index in [1.807, 2.05) is 31.2 Å². The van der Waals surface area contributed by atoms with Crippen LogP contribution in [0.3, 0.4) is 0 Å². The van der Waals surface area contributed by atoms with Gasteiger partial charge >= 0.3 is 0 Å². The smallest absolute Gasteiger partial charge is 0.255 e. The van der Waals surface area contributed by atoms with Crippen molar-refractivity contribution >= 4 is 11.8 Å². The molecule has 0 aromatic heterocycles. The van der Waals surface area contributed by atoms with Crippen LogP contribution in [0.5, 0.6) is 5.75 Å². The number of para-hydroxylation sites is 1. The molecule has 1 saturated heterocycles. The van der Waals surface area contributed by atoms with Gasteiger partial charge in [0.05, 0.1) is 11.0 Å². The Morgan fingerprint density at radius 2 is 1.88 bits per heavy atom. The van der Waals surface area contributed by atoms with Crippen LogP contribution in [0, 0.1) is 5.41 Å². The van der Waals surface area contributed by atoms with E-state index in [1.165, 1.54) is 0 Å². The summed E-state index contributed by atoms with van der Waals surface area (Å²) in [6, 6.07) is 7.04. The molecule has 1 spiro atoms. The van der Waals surface area contributed by atoms with Crippen molar-refractivity contribution in [3.05, 3.63) is 42.0 Å². The largest absolute Gasteiger partial charge is 0.489 e. The number of amides is 2. The van der Waals surface area contributed by atoms with Crippen molar-refractivity contribution in [2.45, 2.75) is 32.2 Å². The fourth-order valence-electron chi connectivity index (χ4n) is 3.51. The number of fused-ring (bicyclic) bond motifs is 1. The fraction of sp³-hybridized carbons (Fsp3) is 0.500. The van der Waals surface area contributed by atoms with Crippen molar-refractivity contribution in [3.63, 3.8) is 0 Å². The maximum atomic E-state index is 12.9. The first-order valence-corrected chi connectivity index (χ1v) is 9.27. The number of rotatable bonds is 0. The van der Waals surface area contributed by atoms with Gasteiger partial charge in [0.2, 0.25) is 5.91 Å². The lowest BCUT2D eigenvalue weighted by atomic mass is 9.75. The lowest BCUT2D eigenvalue weighted by Gasteiger charge is -2.36. The van der Waals surface area contributed by atoms with Crippen LogP contribution in [-0.4, -0.2) is 44.1 Å². The maximum Gasteiger partial charge on any atom is 0.255 e. The molecule has 0 radical (unpaired) electrons. The van der Waals surface area contributed by atoms with Crippen molar-refractivity contribution in [3.8, 4) is 5.75 Å². The van der Waals surface area contributed by atoms with E-state index in [0.29, 0.717) is 30.9 Å². The number of carbonyl (C=O) groups excluding carboxylic acids is 2. The molecule has 1 atom stereocenters. The lowest BCUT2D eigenvalue weighted by Crippen LogP contribution is -2.50. The topological polar surface area (TPSA) is 79.5 Å². The van der Waals surface area contributed by atoms with E-state index in [-0.39, 0.29) is 23.3 Å². The van der Waals surface area contributed by atoms with Crippen LogP contribution in [0.25, 0.3) is 0 Å². The molecule has 1 aromatic carbocycles. The second-order valence-corrected chi connectivity index (χ2v) is 7.10. The molecule has 6 heteroatoms. The van der Waals surface area contributed by atoms with Crippen LogP contribution in [0.4, 0.5) is 0 Å². The average molecular weight is 357 g/mol. The van der Waals surface area contributed by atoms with Crippen LogP contribution >= 0.6 is 0 Å². The number of benzene rings is 1. The monoisotopic (exact) mass is 357 g/mol. The van der Waals surface area contributed by atoms with E-state index in [2.05, 4.69) is 16.0 Å². The number of nitrogens with one attached hydrogen (secondary N) is 3. The third kappa shape index (κ3) is 4.25. The van der Waals surface area contributed by atoms with Crippen molar-refractivity contribution in [1.29, 1.82) is 0 Å². The summed E-state index contributed by atoms with van der Waals surface area (Å²) in [4.78, 5) is 25.4. The predicted octanol–water partition coefficient (Wildman–Crippen LogP) is 1.63. The standard InChI is InChI=1S/C20H27N3O3/c1-15-14-22-19(25)20(9-11-21-12-10-20)8-4-5-13-26-17-7-3-2-6-16(17)18(24)23-15/h2-7,15,21H,8-14H2,1H3,(H,22,25)(H,23,24)/b5-4-/t15-/m0/s1. The minimum absolute atomic E-state index is 0.0723. The van der Waals surface area contributed by atoms with Gasteiger partial charge in [-0.15, -0.1) is 0 Å². The van der Waals surface area contributed by atoms with Gasteiger partial charge in [-0.1, -0.05) is 24.3 Å². The molecule has 140 valence electrons. The fourth-order valence-corrected chi connectivity index (χ4v) is 3.51. The summed E-state index contributed by atoms with van der Waals surface area (Å²) < 4.78 is 5.78. The van der Waals surface area contributed by atoms with E-state index in [9.17, 15) is 9.59 Å². The van der Waals surface area contributed by atoms with Crippen molar-refractivity contribution in [1.82, 2.24) is 16.0 Å². The summed E-state index contributed by atoms with van der Waals surface area (Å²) >= 11 is 0. The van der Waals surface area contributed by atoms with Gasteiger partial charge in [0, 0.05) is 12.6 Å². The maximum absolute atomic E-state index is 12.9. The highest BCUT2D eigenvalue weighted by Crippen LogP contribution is 2.33. The molecule has 6 nitrogen and oxygen atoms in total.